The maximum atomic E-state index is 5.34. The van der Waals surface area contributed by atoms with Gasteiger partial charge < -0.3 is 19.7 Å². The normalized spacial score (nSPS) is 19.9. The van der Waals surface area contributed by atoms with Gasteiger partial charge in [-0.25, -0.2) is 0 Å². The van der Waals surface area contributed by atoms with Crippen molar-refractivity contribution in [3.05, 3.63) is 23.8 Å². The standard InChI is InChI=1S/C16H26N2O2/c1-18-10-4-5-14(12-18)17-9-8-13-6-7-15(19-2)16(11-13)20-3/h6-7,11,14,17H,4-5,8-10,12H2,1-3H3. The first-order valence-electron chi connectivity index (χ1n) is 7.35. The predicted molar refractivity (Wildman–Crippen MR) is 81.8 cm³/mol. The summed E-state index contributed by atoms with van der Waals surface area (Å²) in [7, 11) is 5.54. The molecule has 1 aliphatic heterocycles. The fraction of sp³-hybridized carbons (Fsp3) is 0.625. The van der Waals surface area contributed by atoms with Crippen LogP contribution < -0.4 is 14.8 Å². The van der Waals surface area contributed by atoms with Crippen LogP contribution in [0.25, 0.3) is 0 Å². The van der Waals surface area contributed by atoms with Crippen LogP contribution in [0.2, 0.25) is 0 Å². The van der Waals surface area contributed by atoms with E-state index in [0.29, 0.717) is 6.04 Å². The van der Waals surface area contributed by atoms with Gasteiger partial charge in [0.15, 0.2) is 11.5 Å². The third kappa shape index (κ3) is 4.12. The molecule has 1 fully saturated rings. The first-order valence-corrected chi connectivity index (χ1v) is 7.35. The third-order valence-corrected chi connectivity index (χ3v) is 3.92. The fourth-order valence-corrected chi connectivity index (χ4v) is 2.79. The summed E-state index contributed by atoms with van der Waals surface area (Å²) in [5.41, 5.74) is 1.28. The molecule has 4 nitrogen and oxygen atoms in total. The molecule has 0 aromatic heterocycles. The highest BCUT2D eigenvalue weighted by molar-refractivity contribution is 5.42. The summed E-state index contributed by atoms with van der Waals surface area (Å²) >= 11 is 0. The summed E-state index contributed by atoms with van der Waals surface area (Å²) in [5, 5.41) is 3.65. The molecule has 1 unspecified atom stereocenters. The quantitative estimate of drug-likeness (QED) is 0.862. The van der Waals surface area contributed by atoms with E-state index in [1.165, 1.54) is 24.9 Å². The van der Waals surface area contributed by atoms with Gasteiger partial charge in [-0.3, -0.25) is 0 Å². The van der Waals surface area contributed by atoms with Crippen LogP contribution in [0.3, 0.4) is 0 Å². The smallest absolute Gasteiger partial charge is 0.160 e. The maximum Gasteiger partial charge on any atom is 0.160 e. The van der Waals surface area contributed by atoms with Crippen molar-refractivity contribution in [2.24, 2.45) is 0 Å². The van der Waals surface area contributed by atoms with Crippen LogP contribution in [0, 0.1) is 0 Å². The van der Waals surface area contributed by atoms with Gasteiger partial charge >= 0.3 is 0 Å². The highest BCUT2D eigenvalue weighted by Gasteiger charge is 2.16. The Balaban J connectivity index is 1.81. The van der Waals surface area contributed by atoms with Gasteiger partial charge in [0.2, 0.25) is 0 Å². The summed E-state index contributed by atoms with van der Waals surface area (Å²) < 4.78 is 10.6. The molecule has 112 valence electrons. The third-order valence-electron chi connectivity index (χ3n) is 3.92. The summed E-state index contributed by atoms with van der Waals surface area (Å²) in [5.74, 6) is 1.60. The number of likely N-dealkylation sites (N-methyl/N-ethyl adjacent to an activating group) is 1. The van der Waals surface area contributed by atoms with Crippen molar-refractivity contribution in [3.63, 3.8) is 0 Å². The van der Waals surface area contributed by atoms with E-state index in [4.69, 9.17) is 9.47 Å². The summed E-state index contributed by atoms with van der Waals surface area (Å²) in [6, 6.07) is 6.78. The van der Waals surface area contributed by atoms with Crippen molar-refractivity contribution >= 4 is 0 Å². The number of nitrogens with zero attached hydrogens (tertiary/aromatic N) is 1. The SMILES string of the molecule is COc1ccc(CCNC2CCCN(C)C2)cc1OC. The second-order valence-corrected chi connectivity index (χ2v) is 5.49. The molecule has 1 heterocycles. The number of methoxy groups -OCH3 is 2. The number of piperidine rings is 1. The number of likely N-dealkylation sites (tertiary alicyclic amines) is 1. The molecule has 0 bridgehead atoms. The molecule has 0 aliphatic carbocycles. The van der Waals surface area contributed by atoms with Crippen LogP contribution >= 0.6 is 0 Å². The van der Waals surface area contributed by atoms with Crippen molar-refractivity contribution in [2.75, 3.05) is 40.9 Å². The lowest BCUT2D eigenvalue weighted by atomic mass is 10.1. The zero-order valence-corrected chi connectivity index (χ0v) is 12.8. The first kappa shape index (κ1) is 15.1. The van der Waals surface area contributed by atoms with Crippen molar-refractivity contribution in [1.82, 2.24) is 10.2 Å². The molecule has 1 aromatic carbocycles. The Bertz CT molecular complexity index is 423. The molecular formula is C16H26N2O2. The van der Waals surface area contributed by atoms with Gasteiger partial charge in [-0.2, -0.15) is 0 Å². The van der Waals surface area contributed by atoms with Gasteiger partial charge in [0.25, 0.3) is 0 Å². The Hall–Kier alpha value is -1.26. The van der Waals surface area contributed by atoms with Crippen molar-refractivity contribution in [2.45, 2.75) is 25.3 Å². The van der Waals surface area contributed by atoms with Gasteiger partial charge in [0.1, 0.15) is 0 Å². The Morgan fingerprint density at radius 2 is 2.05 bits per heavy atom. The highest BCUT2D eigenvalue weighted by Crippen LogP contribution is 2.27. The van der Waals surface area contributed by atoms with Crippen LogP contribution in [-0.2, 0) is 6.42 Å². The Kier molecular flexibility index (Phi) is 5.68. The molecule has 20 heavy (non-hydrogen) atoms. The summed E-state index contributed by atoms with van der Waals surface area (Å²) in [6.07, 6.45) is 3.60. The molecule has 0 saturated carbocycles. The van der Waals surface area contributed by atoms with E-state index in [2.05, 4.69) is 29.4 Å². The largest absolute Gasteiger partial charge is 0.493 e. The van der Waals surface area contributed by atoms with Crippen molar-refractivity contribution in [3.8, 4) is 11.5 Å². The van der Waals surface area contributed by atoms with Crippen LogP contribution in [0.4, 0.5) is 0 Å². The molecule has 0 radical (unpaired) electrons. The van der Waals surface area contributed by atoms with Gasteiger partial charge in [0, 0.05) is 12.6 Å². The van der Waals surface area contributed by atoms with Gasteiger partial charge in [-0.15, -0.1) is 0 Å². The molecule has 1 atom stereocenters. The van der Waals surface area contributed by atoms with E-state index in [9.17, 15) is 0 Å². The number of rotatable bonds is 6. The lowest BCUT2D eigenvalue weighted by Crippen LogP contribution is -2.44. The van der Waals surface area contributed by atoms with E-state index in [1.807, 2.05) is 6.07 Å². The second kappa shape index (κ2) is 7.50. The molecule has 1 N–H and O–H groups in total. The Labute approximate surface area is 122 Å². The minimum atomic E-state index is 0.633. The molecular weight excluding hydrogens is 252 g/mol. The topological polar surface area (TPSA) is 33.7 Å². The molecule has 1 saturated heterocycles. The van der Waals surface area contributed by atoms with Gasteiger partial charge in [-0.1, -0.05) is 6.07 Å². The zero-order valence-electron chi connectivity index (χ0n) is 12.8. The van der Waals surface area contributed by atoms with E-state index >= 15 is 0 Å². The summed E-state index contributed by atoms with van der Waals surface area (Å²) in [4.78, 5) is 2.40. The van der Waals surface area contributed by atoms with E-state index in [0.717, 1.165) is 31.0 Å². The molecule has 1 aromatic rings. The Morgan fingerprint density at radius 3 is 2.75 bits per heavy atom. The molecule has 4 heteroatoms. The minimum Gasteiger partial charge on any atom is -0.493 e. The maximum absolute atomic E-state index is 5.34. The first-order chi connectivity index (χ1) is 9.72. The molecule has 0 spiro atoms. The second-order valence-electron chi connectivity index (χ2n) is 5.49. The lowest BCUT2D eigenvalue weighted by Gasteiger charge is -2.30. The monoisotopic (exact) mass is 278 g/mol. The average Bonchev–Trinajstić information content (AvgIpc) is 2.47. The minimum absolute atomic E-state index is 0.633. The van der Waals surface area contributed by atoms with E-state index in [1.54, 1.807) is 14.2 Å². The lowest BCUT2D eigenvalue weighted by molar-refractivity contribution is 0.228. The summed E-state index contributed by atoms with van der Waals surface area (Å²) in [6.45, 7) is 3.40. The van der Waals surface area contributed by atoms with Crippen LogP contribution in [0.1, 0.15) is 18.4 Å². The van der Waals surface area contributed by atoms with Gasteiger partial charge in [0.05, 0.1) is 14.2 Å². The van der Waals surface area contributed by atoms with E-state index < -0.39 is 0 Å². The average molecular weight is 278 g/mol. The number of ether oxygens (including phenoxy) is 2. The van der Waals surface area contributed by atoms with Crippen LogP contribution in [0.15, 0.2) is 18.2 Å². The Morgan fingerprint density at radius 1 is 1.25 bits per heavy atom. The number of hydrogen-bond acceptors (Lipinski definition) is 4. The number of nitrogens with one attached hydrogen (secondary N) is 1. The number of hydrogen-bond donors (Lipinski definition) is 1. The van der Waals surface area contributed by atoms with Crippen LogP contribution in [0.5, 0.6) is 11.5 Å². The zero-order chi connectivity index (χ0) is 14.4. The molecule has 2 rings (SSSR count). The van der Waals surface area contributed by atoms with Crippen molar-refractivity contribution in [1.29, 1.82) is 0 Å². The van der Waals surface area contributed by atoms with Gasteiger partial charge in [-0.05, 0) is 57.1 Å². The molecule has 0 amide bonds. The highest BCUT2D eigenvalue weighted by atomic mass is 16.5. The number of benzene rings is 1. The van der Waals surface area contributed by atoms with E-state index in [-0.39, 0.29) is 0 Å². The van der Waals surface area contributed by atoms with Crippen molar-refractivity contribution < 1.29 is 9.47 Å². The predicted octanol–water partition coefficient (Wildman–Crippen LogP) is 1.93. The fourth-order valence-electron chi connectivity index (χ4n) is 2.79. The molecule has 1 aliphatic rings. The van der Waals surface area contributed by atoms with Crippen LogP contribution in [-0.4, -0.2) is 51.8 Å².